The van der Waals surface area contributed by atoms with Crippen LogP contribution in [0.4, 0.5) is 5.69 Å². The van der Waals surface area contributed by atoms with Gasteiger partial charge in [-0.2, -0.15) is 0 Å². The Kier molecular flexibility index (Phi) is 5.20. The highest BCUT2D eigenvalue weighted by Gasteiger charge is 2.14. The summed E-state index contributed by atoms with van der Waals surface area (Å²) in [5, 5.41) is 7.20. The molecule has 0 unspecified atom stereocenters. The molecule has 4 nitrogen and oxygen atoms in total. The van der Waals surface area contributed by atoms with Crippen LogP contribution in [-0.2, 0) is 0 Å². The predicted molar refractivity (Wildman–Crippen MR) is 101 cm³/mol. The molecule has 0 fully saturated rings. The first-order chi connectivity index (χ1) is 11.7. The van der Waals surface area contributed by atoms with Gasteiger partial charge >= 0.3 is 0 Å². The van der Waals surface area contributed by atoms with E-state index in [1.165, 1.54) is 11.1 Å². The van der Waals surface area contributed by atoms with E-state index in [2.05, 4.69) is 48.7 Å². The van der Waals surface area contributed by atoms with Crippen molar-refractivity contribution in [1.82, 2.24) is 5.32 Å². The molecule has 0 spiro atoms. The Bertz CT molecular complexity index is 716. The molecule has 0 aromatic heterocycles. The maximum absolute atomic E-state index is 5.60. The van der Waals surface area contributed by atoms with E-state index in [1.54, 1.807) is 0 Å². The molecule has 2 aromatic rings. The normalized spacial score (nSPS) is 13.9. The van der Waals surface area contributed by atoms with Crippen LogP contribution in [-0.4, -0.2) is 18.3 Å². The third-order valence-electron chi connectivity index (χ3n) is 3.99. The van der Waals surface area contributed by atoms with Crippen molar-refractivity contribution in [3.8, 4) is 11.5 Å². The number of thiocarbonyl (C=S) groups is 1. The zero-order valence-electron chi connectivity index (χ0n) is 14.0. The number of nitrogens with one attached hydrogen (secondary N) is 2. The summed E-state index contributed by atoms with van der Waals surface area (Å²) >= 11 is 5.46. The van der Waals surface area contributed by atoms with Crippen LogP contribution >= 0.6 is 12.2 Å². The third kappa shape index (κ3) is 3.97. The van der Waals surface area contributed by atoms with Crippen molar-refractivity contribution < 1.29 is 9.47 Å². The zero-order valence-corrected chi connectivity index (χ0v) is 14.8. The van der Waals surface area contributed by atoms with Gasteiger partial charge in [-0.1, -0.05) is 36.8 Å². The van der Waals surface area contributed by atoms with Gasteiger partial charge in [0.25, 0.3) is 0 Å². The summed E-state index contributed by atoms with van der Waals surface area (Å²) in [7, 11) is 0. The second-order valence-corrected chi connectivity index (χ2v) is 6.24. The minimum absolute atomic E-state index is 0.183. The molecule has 2 N–H and O–H groups in total. The predicted octanol–water partition coefficient (Wildman–Crippen LogP) is 4.20. The molecular weight excluding hydrogens is 320 g/mol. The van der Waals surface area contributed by atoms with Gasteiger partial charge in [0.1, 0.15) is 13.2 Å². The molecule has 0 saturated heterocycles. The summed E-state index contributed by atoms with van der Waals surface area (Å²) in [4.78, 5) is 0. The molecule has 0 radical (unpaired) electrons. The number of aryl methyl sites for hydroxylation is 1. The van der Waals surface area contributed by atoms with Crippen LogP contribution in [0, 0.1) is 6.92 Å². The van der Waals surface area contributed by atoms with Crippen molar-refractivity contribution in [2.45, 2.75) is 26.3 Å². The van der Waals surface area contributed by atoms with Crippen molar-refractivity contribution in [1.29, 1.82) is 0 Å². The molecule has 1 aliphatic rings. The molecule has 24 heavy (non-hydrogen) atoms. The Morgan fingerprint density at radius 2 is 1.79 bits per heavy atom. The summed E-state index contributed by atoms with van der Waals surface area (Å²) in [6.07, 6.45) is 0.950. The molecule has 0 saturated carbocycles. The van der Waals surface area contributed by atoms with Crippen LogP contribution in [0.25, 0.3) is 0 Å². The first-order valence-electron chi connectivity index (χ1n) is 8.19. The quantitative estimate of drug-likeness (QED) is 0.815. The molecule has 0 aliphatic carbocycles. The van der Waals surface area contributed by atoms with Gasteiger partial charge in [-0.15, -0.1) is 0 Å². The zero-order chi connectivity index (χ0) is 16.9. The highest BCUT2D eigenvalue weighted by atomic mass is 32.1. The number of benzene rings is 2. The topological polar surface area (TPSA) is 42.5 Å². The number of hydrogen-bond acceptors (Lipinski definition) is 3. The lowest BCUT2D eigenvalue weighted by atomic mass is 10.0. The average Bonchev–Trinajstić information content (AvgIpc) is 2.60. The van der Waals surface area contributed by atoms with Gasteiger partial charge in [0.15, 0.2) is 16.6 Å². The second-order valence-electron chi connectivity index (χ2n) is 5.83. The Hall–Kier alpha value is -2.27. The number of fused-ring (bicyclic) bond motifs is 1. The van der Waals surface area contributed by atoms with Gasteiger partial charge in [0.05, 0.1) is 6.04 Å². The first kappa shape index (κ1) is 16.6. The van der Waals surface area contributed by atoms with Crippen molar-refractivity contribution >= 4 is 23.0 Å². The van der Waals surface area contributed by atoms with Crippen LogP contribution in [0.2, 0.25) is 0 Å². The molecule has 126 valence electrons. The Balaban J connectivity index is 1.65. The summed E-state index contributed by atoms with van der Waals surface area (Å²) in [6.45, 7) is 5.40. The van der Waals surface area contributed by atoms with E-state index in [0.29, 0.717) is 18.3 Å². The maximum Gasteiger partial charge on any atom is 0.171 e. The van der Waals surface area contributed by atoms with Gasteiger partial charge in [-0.25, -0.2) is 0 Å². The number of hydrogen-bond donors (Lipinski definition) is 2. The van der Waals surface area contributed by atoms with Gasteiger partial charge in [0.2, 0.25) is 0 Å². The lowest BCUT2D eigenvalue weighted by Crippen LogP contribution is -2.32. The van der Waals surface area contributed by atoms with Crippen molar-refractivity contribution in [2.24, 2.45) is 0 Å². The van der Waals surface area contributed by atoms with Crippen LogP contribution in [0.15, 0.2) is 42.5 Å². The standard InChI is InChI=1S/C19H22N2O2S/c1-3-16(14-6-4-13(2)5-7-14)21-19(24)20-15-8-9-17-18(12-15)23-11-10-22-17/h4-9,12,16H,3,10-11H2,1-2H3,(H2,20,21,24)/t16-/m0/s1. The summed E-state index contributed by atoms with van der Waals surface area (Å²) in [5.74, 6) is 1.52. The number of rotatable bonds is 4. The smallest absolute Gasteiger partial charge is 0.171 e. The average molecular weight is 342 g/mol. The van der Waals surface area contributed by atoms with Crippen LogP contribution < -0.4 is 20.1 Å². The van der Waals surface area contributed by atoms with E-state index in [9.17, 15) is 0 Å². The fourth-order valence-corrected chi connectivity index (χ4v) is 2.93. The third-order valence-corrected chi connectivity index (χ3v) is 4.21. The monoisotopic (exact) mass is 342 g/mol. The molecule has 0 bridgehead atoms. The molecule has 5 heteroatoms. The molecule has 1 atom stereocenters. The van der Waals surface area contributed by atoms with Crippen molar-refractivity contribution in [2.75, 3.05) is 18.5 Å². The number of anilines is 1. The molecule has 2 aromatic carbocycles. The van der Waals surface area contributed by atoms with Crippen LogP contribution in [0.5, 0.6) is 11.5 Å². The number of ether oxygens (including phenoxy) is 2. The molecule has 3 rings (SSSR count). The molecule has 0 amide bonds. The van der Waals surface area contributed by atoms with E-state index >= 15 is 0 Å². The van der Waals surface area contributed by atoms with Crippen LogP contribution in [0.1, 0.15) is 30.5 Å². The lowest BCUT2D eigenvalue weighted by molar-refractivity contribution is 0.171. The van der Waals surface area contributed by atoms with Gasteiger partial charge in [0, 0.05) is 11.8 Å². The van der Waals surface area contributed by atoms with E-state index in [0.717, 1.165) is 23.6 Å². The van der Waals surface area contributed by atoms with E-state index in [4.69, 9.17) is 21.7 Å². The van der Waals surface area contributed by atoms with Gasteiger partial charge < -0.3 is 20.1 Å². The molecule has 1 aliphatic heterocycles. The summed E-state index contributed by atoms with van der Waals surface area (Å²) in [5.41, 5.74) is 3.37. The van der Waals surface area contributed by atoms with Crippen molar-refractivity contribution in [3.63, 3.8) is 0 Å². The largest absolute Gasteiger partial charge is 0.486 e. The van der Waals surface area contributed by atoms with E-state index in [-0.39, 0.29) is 6.04 Å². The fraction of sp³-hybridized carbons (Fsp3) is 0.316. The van der Waals surface area contributed by atoms with E-state index in [1.807, 2.05) is 18.2 Å². The van der Waals surface area contributed by atoms with E-state index < -0.39 is 0 Å². The first-order valence-corrected chi connectivity index (χ1v) is 8.60. The Morgan fingerprint density at radius 1 is 1.08 bits per heavy atom. The fourth-order valence-electron chi connectivity index (χ4n) is 2.67. The molecular formula is C19H22N2O2S. The Labute approximate surface area is 148 Å². The van der Waals surface area contributed by atoms with Gasteiger partial charge in [-0.3, -0.25) is 0 Å². The maximum atomic E-state index is 5.60. The SMILES string of the molecule is CC[C@H](NC(=S)Nc1ccc2c(c1)OCCO2)c1ccc(C)cc1. The minimum atomic E-state index is 0.183. The highest BCUT2D eigenvalue weighted by molar-refractivity contribution is 7.80. The van der Waals surface area contributed by atoms with Crippen LogP contribution in [0.3, 0.4) is 0 Å². The molecule has 1 heterocycles. The van der Waals surface area contributed by atoms with Gasteiger partial charge in [-0.05, 0) is 43.3 Å². The second kappa shape index (κ2) is 7.53. The lowest BCUT2D eigenvalue weighted by Gasteiger charge is -2.22. The minimum Gasteiger partial charge on any atom is -0.486 e. The summed E-state index contributed by atoms with van der Waals surface area (Å²) < 4.78 is 11.1. The Morgan fingerprint density at radius 3 is 2.50 bits per heavy atom. The van der Waals surface area contributed by atoms with Crippen molar-refractivity contribution in [3.05, 3.63) is 53.6 Å². The highest BCUT2D eigenvalue weighted by Crippen LogP contribution is 2.32. The summed E-state index contributed by atoms with van der Waals surface area (Å²) in [6, 6.07) is 14.5.